The van der Waals surface area contributed by atoms with Gasteiger partial charge in [-0.3, -0.25) is 4.79 Å². The summed E-state index contributed by atoms with van der Waals surface area (Å²) in [6.07, 6.45) is 0.193. The smallest absolute Gasteiger partial charge is 0.229 e. The Morgan fingerprint density at radius 3 is 2.43 bits per heavy atom. The van der Waals surface area contributed by atoms with Crippen molar-refractivity contribution in [1.29, 1.82) is 0 Å². The van der Waals surface area contributed by atoms with Crippen molar-refractivity contribution in [2.45, 2.75) is 20.3 Å². The number of nitrogens with one attached hydrogen (secondary N) is 1. The Kier molecular flexibility index (Phi) is 5.90. The van der Waals surface area contributed by atoms with Crippen molar-refractivity contribution in [2.24, 2.45) is 0 Å². The van der Waals surface area contributed by atoms with Crippen molar-refractivity contribution in [2.75, 3.05) is 19.5 Å². The molecule has 0 atom stereocenters. The fourth-order valence-corrected chi connectivity index (χ4v) is 3.30. The fraction of sp³-hybridized carbons (Fsp3) is 0.238. The highest BCUT2D eigenvalue weighted by Gasteiger charge is 2.18. The number of benzene rings is 2. The minimum atomic E-state index is -0.179. The number of aromatic nitrogens is 2. The zero-order chi connectivity index (χ0) is 20.3. The van der Waals surface area contributed by atoms with Crippen molar-refractivity contribution < 1.29 is 14.3 Å². The van der Waals surface area contributed by atoms with Crippen LogP contribution in [-0.4, -0.2) is 29.9 Å². The van der Waals surface area contributed by atoms with Crippen molar-refractivity contribution in [3.05, 3.63) is 64.4 Å². The zero-order valence-corrected chi connectivity index (χ0v) is 17.0. The van der Waals surface area contributed by atoms with Crippen LogP contribution >= 0.6 is 11.6 Å². The van der Waals surface area contributed by atoms with Gasteiger partial charge in [0.05, 0.1) is 42.7 Å². The van der Waals surface area contributed by atoms with Crippen LogP contribution in [0.15, 0.2) is 42.5 Å². The highest BCUT2D eigenvalue weighted by molar-refractivity contribution is 6.32. The normalized spacial score (nSPS) is 10.6. The quantitative estimate of drug-likeness (QED) is 0.669. The number of carbonyl (C=O) groups is 1. The highest BCUT2D eigenvalue weighted by Crippen LogP contribution is 2.36. The van der Waals surface area contributed by atoms with E-state index in [2.05, 4.69) is 10.4 Å². The summed E-state index contributed by atoms with van der Waals surface area (Å²) in [4.78, 5) is 12.7. The number of carbonyl (C=O) groups excluding carboxylic acids is 1. The molecule has 2 aromatic carbocycles. The molecule has 3 rings (SSSR count). The van der Waals surface area contributed by atoms with E-state index in [1.807, 2.05) is 48.9 Å². The molecule has 6 nitrogen and oxygen atoms in total. The number of halogens is 1. The van der Waals surface area contributed by atoms with E-state index in [-0.39, 0.29) is 12.3 Å². The van der Waals surface area contributed by atoms with Gasteiger partial charge in [-0.15, -0.1) is 0 Å². The van der Waals surface area contributed by atoms with Crippen LogP contribution in [0.1, 0.15) is 17.0 Å². The van der Waals surface area contributed by atoms with E-state index in [0.29, 0.717) is 22.2 Å². The lowest BCUT2D eigenvalue weighted by atomic mass is 10.1. The number of amides is 1. The second-order valence-electron chi connectivity index (χ2n) is 6.31. The van der Waals surface area contributed by atoms with Gasteiger partial charge in [-0.2, -0.15) is 5.10 Å². The molecule has 1 amide bonds. The van der Waals surface area contributed by atoms with Crippen LogP contribution in [0.2, 0.25) is 5.02 Å². The first-order valence-corrected chi connectivity index (χ1v) is 9.14. The lowest BCUT2D eigenvalue weighted by molar-refractivity contribution is -0.115. The second-order valence-corrected chi connectivity index (χ2v) is 6.72. The Labute approximate surface area is 169 Å². The van der Waals surface area contributed by atoms with Gasteiger partial charge in [0.15, 0.2) is 0 Å². The Morgan fingerprint density at radius 1 is 1.11 bits per heavy atom. The highest BCUT2D eigenvalue weighted by atomic mass is 35.5. The maximum Gasteiger partial charge on any atom is 0.229 e. The standard InChI is InChI=1S/C21H22ClN3O3/c1-13-16(14(2)25(24-13)15-8-6-5-7-9-15)10-21(26)23-18-12-19(27-3)17(22)11-20(18)28-4/h5-9,11-12H,10H2,1-4H3,(H,23,26). The van der Waals surface area contributed by atoms with Gasteiger partial charge in [0.25, 0.3) is 0 Å². The SMILES string of the molecule is COc1cc(NC(=O)Cc2c(C)nn(-c3ccccc3)c2C)c(OC)cc1Cl. The first kappa shape index (κ1) is 19.8. The molecular formula is C21H22ClN3O3. The van der Waals surface area contributed by atoms with Crippen LogP contribution in [0.4, 0.5) is 5.69 Å². The van der Waals surface area contributed by atoms with Gasteiger partial charge in [0, 0.05) is 23.4 Å². The molecule has 0 bridgehead atoms. The molecule has 0 unspecified atom stereocenters. The molecule has 1 N–H and O–H groups in total. The van der Waals surface area contributed by atoms with Crippen LogP contribution in [-0.2, 0) is 11.2 Å². The number of ether oxygens (including phenoxy) is 2. The van der Waals surface area contributed by atoms with E-state index in [4.69, 9.17) is 21.1 Å². The molecule has 28 heavy (non-hydrogen) atoms. The van der Waals surface area contributed by atoms with Gasteiger partial charge in [0.1, 0.15) is 11.5 Å². The third-order valence-electron chi connectivity index (χ3n) is 4.53. The number of methoxy groups -OCH3 is 2. The Hall–Kier alpha value is -2.99. The minimum absolute atomic E-state index is 0.179. The van der Waals surface area contributed by atoms with Gasteiger partial charge in [0.2, 0.25) is 5.91 Å². The summed E-state index contributed by atoms with van der Waals surface area (Å²) in [5, 5.41) is 7.87. The monoisotopic (exact) mass is 399 g/mol. The van der Waals surface area contributed by atoms with Crippen LogP contribution < -0.4 is 14.8 Å². The van der Waals surface area contributed by atoms with Crippen LogP contribution in [0.3, 0.4) is 0 Å². The molecule has 0 aliphatic rings. The van der Waals surface area contributed by atoms with E-state index < -0.39 is 0 Å². The van der Waals surface area contributed by atoms with Gasteiger partial charge in [-0.05, 0) is 26.0 Å². The molecule has 0 saturated carbocycles. The van der Waals surface area contributed by atoms with Crippen LogP contribution in [0.5, 0.6) is 11.5 Å². The Bertz CT molecular complexity index is 1000. The van der Waals surface area contributed by atoms with Gasteiger partial charge in [-0.25, -0.2) is 4.68 Å². The maximum atomic E-state index is 12.7. The summed E-state index contributed by atoms with van der Waals surface area (Å²) >= 11 is 6.12. The number of nitrogens with zero attached hydrogens (tertiary/aromatic N) is 2. The number of rotatable bonds is 6. The number of anilines is 1. The second kappa shape index (κ2) is 8.35. The largest absolute Gasteiger partial charge is 0.495 e. The Morgan fingerprint density at radius 2 is 1.79 bits per heavy atom. The van der Waals surface area contributed by atoms with Crippen molar-refractivity contribution in [1.82, 2.24) is 9.78 Å². The fourth-order valence-electron chi connectivity index (χ4n) is 3.06. The first-order chi connectivity index (χ1) is 13.4. The molecule has 0 radical (unpaired) electrons. The molecule has 0 spiro atoms. The topological polar surface area (TPSA) is 65.4 Å². The number of hydrogen-bond donors (Lipinski definition) is 1. The number of para-hydroxylation sites is 1. The summed E-state index contributed by atoms with van der Waals surface area (Å²) in [5.41, 5.74) is 4.09. The number of hydrogen-bond acceptors (Lipinski definition) is 4. The summed E-state index contributed by atoms with van der Waals surface area (Å²) in [5.74, 6) is 0.746. The molecule has 0 aliphatic carbocycles. The minimum Gasteiger partial charge on any atom is -0.495 e. The average Bonchev–Trinajstić information content (AvgIpc) is 2.97. The average molecular weight is 400 g/mol. The van der Waals surface area contributed by atoms with E-state index in [0.717, 1.165) is 22.6 Å². The number of aryl methyl sites for hydroxylation is 1. The van der Waals surface area contributed by atoms with Gasteiger partial charge in [-0.1, -0.05) is 29.8 Å². The van der Waals surface area contributed by atoms with E-state index in [1.54, 1.807) is 12.1 Å². The first-order valence-electron chi connectivity index (χ1n) is 8.76. The lowest BCUT2D eigenvalue weighted by Gasteiger charge is -2.13. The summed E-state index contributed by atoms with van der Waals surface area (Å²) in [6.45, 7) is 3.86. The predicted octanol–water partition coefficient (Wildman–Crippen LogP) is 4.34. The van der Waals surface area contributed by atoms with E-state index in [9.17, 15) is 4.79 Å². The predicted molar refractivity (Wildman–Crippen MR) is 110 cm³/mol. The molecule has 0 saturated heterocycles. The molecule has 3 aromatic rings. The molecular weight excluding hydrogens is 378 g/mol. The molecule has 1 heterocycles. The van der Waals surface area contributed by atoms with E-state index >= 15 is 0 Å². The zero-order valence-electron chi connectivity index (χ0n) is 16.2. The van der Waals surface area contributed by atoms with Gasteiger partial charge < -0.3 is 14.8 Å². The van der Waals surface area contributed by atoms with Gasteiger partial charge >= 0.3 is 0 Å². The Balaban J connectivity index is 1.84. The third kappa shape index (κ3) is 3.97. The summed E-state index contributed by atoms with van der Waals surface area (Å²) in [7, 11) is 3.04. The molecule has 146 valence electrons. The molecule has 1 aromatic heterocycles. The molecule has 7 heteroatoms. The summed E-state index contributed by atoms with van der Waals surface area (Å²) < 4.78 is 12.4. The molecule has 0 fully saturated rings. The van der Waals surface area contributed by atoms with Crippen molar-refractivity contribution in [3.8, 4) is 17.2 Å². The van der Waals surface area contributed by atoms with Crippen molar-refractivity contribution >= 4 is 23.2 Å². The van der Waals surface area contributed by atoms with Crippen molar-refractivity contribution in [3.63, 3.8) is 0 Å². The lowest BCUT2D eigenvalue weighted by Crippen LogP contribution is -2.16. The van der Waals surface area contributed by atoms with E-state index in [1.165, 1.54) is 14.2 Å². The molecule has 0 aliphatic heterocycles. The maximum absolute atomic E-state index is 12.7. The third-order valence-corrected chi connectivity index (χ3v) is 4.82. The van der Waals surface area contributed by atoms with Crippen LogP contribution in [0.25, 0.3) is 5.69 Å². The summed E-state index contributed by atoms with van der Waals surface area (Å²) in [6, 6.07) is 13.1. The van der Waals surface area contributed by atoms with Crippen LogP contribution in [0, 0.1) is 13.8 Å².